The van der Waals surface area contributed by atoms with Crippen LogP contribution in [0.2, 0.25) is 0 Å². The maximum absolute atomic E-state index is 3.71. The van der Waals surface area contributed by atoms with Crippen LogP contribution in [0.25, 0.3) is 0 Å². The fourth-order valence-corrected chi connectivity index (χ4v) is 3.47. The van der Waals surface area contributed by atoms with E-state index in [0.717, 1.165) is 18.5 Å². The van der Waals surface area contributed by atoms with Crippen LogP contribution in [-0.4, -0.2) is 18.3 Å². The Morgan fingerprint density at radius 1 is 1.22 bits per heavy atom. The maximum atomic E-state index is 3.71. The van der Waals surface area contributed by atoms with Gasteiger partial charge in [0.25, 0.3) is 0 Å². The van der Waals surface area contributed by atoms with Crippen LogP contribution in [0.15, 0.2) is 29.2 Å². The van der Waals surface area contributed by atoms with Gasteiger partial charge in [0.2, 0.25) is 0 Å². The third-order valence-electron chi connectivity index (χ3n) is 3.76. The van der Waals surface area contributed by atoms with Gasteiger partial charge in [-0.15, -0.1) is 11.8 Å². The predicted molar refractivity (Wildman–Crippen MR) is 81.3 cm³/mol. The van der Waals surface area contributed by atoms with Gasteiger partial charge in [0.1, 0.15) is 0 Å². The summed E-state index contributed by atoms with van der Waals surface area (Å²) in [4.78, 5) is 1.39. The highest BCUT2D eigenvalue weighted by atomic mass is 32.2. The highest BCUT2D eigenvalue weighted by Gasteiger charge is 2.17. The molecule has 2 heteroatoms. The average Bonchev–Trinajstić information content (AvgIpc) is 2.37. The van der Waals surface area contributed by atoms with E-state index in [0.29, 0.717) is 0 Å². The summed E-state index contributed by atoms with van der Waals surface area (Å²) in [7, 11) is 0. The van der Waals surface area contributed by atoms with Crippen LogP contribution in [0.4, 0.5) is 0 Å². The Balaban J connectivity index is 1.62. The zero-order valence-electron chi connectivity index (χ0n) is 11.6. The fourth-order valence-electron chi connectivity index (χ4n) is 2.69. The molecule has 1 aliphatic rings. The van der Waals surface area contributed by atoms with Crippen molar-refractivity contribution < 1.29 is 0 Å². The van der Waals surface area contributed by atoms with E-state index in [9.17, 15) is 0 Å². The highest BCUT2D eigenvalue weighted by Crippen LogP contribution is 2.23. The molecule has 1 aliphatic carbocycles. The van der Waals surface area contributed by atoms with E-state index in [4.69, 9.17) is 0 Å². The molecule has 0 amide bonds. The number of benzene rings is 1. The van der Waals surface area contributed by atoms with Crippen LogP contribution in [0.1, 0.15) is 38.2 Å². The lowest BCUT2D eigenvalue weighted by Crippen LogP contribution is -2.34. The first kappa shape index (κ1) is 14.0. The van der Waals surface area contributed by atoms with Gasteiger partial charge in [0, 0.05) is 23.2 Å². The molecular formula is C16H25NS. The molecule has 2 atom stereocenters. The standard InChI is InChI=1S/C16H25NS/c1-13-6-8-16(9-7-13)18-11-10-17-15-5-3-4-14(2)12-15/h6-9,14-15,17H,3-5,10-12H2,1-2H3. The Morgan fingerprint density at radius 3 is 2.72 bits per heavy atom. The van der Waals surface area contributed by atoms with Crippen molar-refractivity contribution in [3.8, 4) is 0 Å². The Morgan fingerprint density at radius 2 is 2.00 bits per heavy atom. The molecule has 0 radical (unpaired) electrons. The maximum Gasteiger partial charge on any atom is 0.0106 e. The Kier molecular flexibility index (Phi) is 5.58. The van der Waals surface area contributed by atoms with Crippen molar-refractivity contribution in [1.82, 2.24) is 5.32 Å². The molecule has 1 fully saturated rings. The summed E-state index contributed by atoms with van der Waals surface area (Å²) < 4.78 is 0. The molecule has 0 aromatic heterocycles. The smallest absolute Gasteiger partial charge is 0.0106 e. The normalized spacial score (nSPS) is 24.1. The molecule has 1 aromatic rings. The van der Waals surface area contributed by atoms with E-state index in [1.54, 1.807) is 0 Å². The van der Waals surface area contributed by atoms with Crippen molar-refractivity contribution >= 4 is 11.8 Å². The predicted octanol–water partition coefficient (Wildman–Crippen LogP) is 4.26. The van der Waals surface area contributed by atoms with E-state index in [-0.39, 0.29) is 0 Å². The largest absolute Gasteiger partial charge is 0.313 e. The van der Waals surface area contributed by atoms with Crippen molar-refractivity contribution in [3.05, 3.63) is 29.8 Å². The topological polar surface area (TPSA) is 12.0 Å². The molecule has 0 bridgehead atoms. The SMILES string of the molecule is Cc1ccc(SCCNC2CCCC(C)C2)cc1. The number of hydrogen-bond donors (Lipinski definition) is 1. The first-order valence-corrected chi connectivity index (χ1v) is 8.15. The van der Waals surface area contributed by atoms with Gasteiger partial charge in [-0.25, -0.2) is 0 Å². The van der Waals surface area contributed by atoms with Crippen LogP contribution in [0.3, 0.4) is 0 Å². The van der Waals surface area contributed by atoms with Gasteiger partial charge in [0.05, 0.1) is 0 Å². The van der Waals surface area contributed by atoms with E-state index in [1.807, 2.05) is 11.8 Å². The summed E-state index contributed by atoms with van der Waals surface area (Å²) in [5.74, 6) is 2.09. The van der Waals surface area contributed by atoms with Crippen molar-refractivity contribution in [2.24, 2.45) is 5.92 Å². The molecule has 1 aromatic carbocycles. The van der Waals surface area contributed by atoms with Crippen LogP contribution in [0.5, 0.6) is 0 Å². The minimum absolute atomic E-state index is 0.771. The second-order valence-electron chi connectivity index (χ2n) is 5.58. The summed E-state index contributed by atoms with van der Waals surface area (Å²) >= 11 is 1.96. The quantitative estimate of drug-likeness (QED) is 0.629. The van der Waals surface area contributed by atoms with E-state index >= 15 is 0 Å². The van der Waals surface area contributed by atoms with Gasteiger partial charge < -0.3 is 5.32 Å². The van der Waals surface area contributed by atoms with E-state index in [2.05, 4.69) is 43.4 Å². The Bertz CT molecular complexity index is 347. The van der Waals surface area contributed by atoms with Crippen molar-refractivity contribution in [1.29, 1.82) is 0 Å². The Labute approximate surface area is 116 Å². The lowest BCUT2D eigenvalue weighted by Gasteiger charge is -2.27. The lowest BCUT2D eigenvalue weighted by molar-refractivity contribution is 0.306. The molecule has 1 nitrogen and oxygen atoms in total. The van der Waals surface area contributed by atoms with Crippen molar-refractivity contribution in [3.63, 3.8) is 0 Å². The minimum Gasteiger partial charge on any atom is -0.313 e. The molecule has 2 unspecified atom stereocenters. The molecule has 18 heavy (non-hydrogen) atoms. The summed E-state index contributed by atoms with van der Waals surface area (Å²) in [6.45, 7) is 5.66. The first-order chi connectivity index (χ1) is 8.74. The van der Waals surface area contributed by atoms with Crippen LogP contribution in [0, 0.1) is 12.8 Å². The van der Waals surface area contributed by atoms with Crippen molar-refractivity contribution in [2.45, 2.75) is 50.5 Å². The van der Waals surface area contributed by atoms with Gasteiger partial charge >= 0.3 is 0 Å². The lowest BCUT2D eigenvalue weighted by atomic mass is 9.87. The number of nitrogens with one attached hydrogen (secondary N) is 1. The third-order valence-corrected chi connectivity index (χ3v) is 4.77. The minimum atomic E-state index is 0.771. The third kappa shape index (κ3) is 4.66. The summed E-state index contributed by atoms with van der Waals surface area (Å²) in [6, 6.07) is 9.61. The number of hydrogen-bond acceptors (Lipinski definition) is 2. The van der Waals surface area contributed by atoms with Crippen molar-refractivity contribution in [2.75, 3.05) is 12.3 Å². The number of thioether (sulfide) groups is 1. The van der Waals surface area contributed by atoms with Gasteiger partial charge in [0.15, 0.2) is 0 Å². The van der Waals surface area contributed by atoms with Gasteiger partial charge in [-0.2, -0.15) is 0 Å². The molecule has 100 valence electrons. The molecule has 0 saturated heterocycles. The number of aryl methyl sites for hydroxylation is 1. The molecule has 2 rings (SSSR count). The molecule has 0 aliphatic heterocycles. The van der Waals surface area contributed by atoms with Gasteiger partial charge in [-0.05, 0) is 37.8 Å². The van der Waals surface area contributed by atoms with E-state index < -0.39 is 0 Å². The molecule has 0 spiro atoms. The molecule has 0 heterocycles. The monoisotopic (exact) mass is 263 g/mol. The summed E-state index contributed by atoms with van der Waals surface area (Å²) in [5.41, 5.74) is 1.34. The molecule has 1 N–H and O–H groups in total. The van der Waals surface area contributed by atoms with Gasteiger partial charge in [-0.1, -0.05) is 37.5 Å². The highest BCUT2D eigenvalue weighted by molar-refractivity contribution is 7.99. The zero-order valence-corrected chi connectivity index (χ0v) is 12.4. The summed E-state index contributed by atoms with van der Waals surface area (Å²) in [6.07, 6.45) is 5.58. The van der Waals surface area contributed by atoms with Gasteiger partial charge in [-0.3, -0.25) is 0 Å². The average molecular weight is 263 g/mol. The van der Waals surface area contributed by atoms with Crippen LogP contribution in [-0.2, 0) is 0 Å². The Hall–Kier alpha value is -0.470. The fraction of sp³-hybridized carbons (Fsp3) is 0.625. The molecular weight excluding hydrogens is 238 g/mol. The second-order valence-corrected chi connectivity index (χ2v) is 6.75. The second kappa shape index (κ2) is 7.20. The van der Waals surface area contributed by atoms with Crippen LogP contribution >= 0.6 is 11.8 Å². The zero-order chi connectivity index (χ0) is 12.8. The van der Waals surface area contributed by atoms with Crippen LogP contribution < -0.4 is 5.32 Å². The van der Waals surface area contributed by atoms with E-state index in [1.165, 1.54) is 41.9 Å². The first-order valence-electron chi connectivity index (χ1n) is 7.17. The summed E-state index contributed by atoms with van der Waals surface area (Å²) in [5, 5.41) is 3.71. The number of rotatable bonds is 5. The molecule has 1 saturated carbocycles.